The lowest BCUT2D eigenvalue weighted by molar-refractivity contribution is -0.113. The minimum Gasteiger partial charge on any atom is -0.324 e. The van der Waals surface area contributed by atoms with Crippen LogP contribution in [0.15, 0.2) is 23.4 Å². The standard InChI is InChI=1S/C15H15Cl2N3OS/c1-8-9(2)18-15(19-10(8)3)22-7-14(21)20-13-5-4-11(16)6-12(13)17/h4-6H,7H2,1-3H3,(H,20,21). The number of carbonyl (C=O) groups excluding carboxylic acids is 1. The smallest absolute Gasteiger partial charge is 0.234 e. The molecule has 1 aromatic heterocycles. The number of hydrogen-bond donors (Lipinski definition) is 1. The molecule has 0 saturated carbocycles. The average Bonchev–Trinajstić information content (AvgIpc) is 2.45. The van der Waals surface area contributed by atoms with Gasteiger partial charge in [0.05, 0.1) is 16.5 Å². The molecule has 22 heavy (non-hydrogen) atoms. The van der Waals surface area contributed by atoms with Crippen LogP contribution < -0.4 is 5.32 Å². The van der Waals surface area contributed by atoms with Gasteiger partial charge in [0.15, 0.2) is 5.16 Å². The number of benzene rings is 1. The number of nitrogens with one attached hydrogen (secondary N) is 1. The first-order valence-electron chi connectivity index (χ1n) is 6.56. The van der Waals surface area contributed by atoms with Gasteiger partial charge in [-0.15, -0.1) is 0 Å². The van der Waals surface area contributed by atoms with Crippen molar-refractivity contribution in [3.05, 3.63) is 45.2 Å². The Balaban J connectivity index is 1.98. The number of aromatic nitrogens is 2. The maximum absolute atomic E-state index is 12.0. The lowest BCUT2D eigenvalue weighted by atomic mass is 10.2. The van der Waals surface area contributed by atoms with Crippen molar-refractivity contribution in [1.29, 1.82) is 0 Å². The summed E-state index contributed by atoms with van der Waals surface area (Å²) in [7, 11) is 0. The number of carbonyl (C=O) groups is 1. The van der Waals surface area contributed by atoms with E-state index in [1.807, 2.05) is 20.8 Å². The van der Waals surface area contributed by atoms with Crippen LogP contribution in [0.1, 0.15) is 17.0 Å². The first kappa shape index (κ1) is 17.1. The summed E-state index contributed by atoms with van der Waals surface area (Å²) in [6.07, 6.45) is 0. The molecule has 2 aromatic rings. The third-order valence-corrected chi connectivity index (χ3v) is 4.54. The number of rotatable bonds is 4. The molecule has 2 rings (SSSR count). The molecule has 0 unspecified atom stereocenters. The Kier molecular flexibility index (Phi) is 5.67. The number of thioether (sulfide) groups is 1. The van der Waals surface area contributed by atoms with Gasteiger partial charge < -0.3 is 5.32 Å². The lowest BCUT2D eigenvalue weighted by Crippen LogP contribution is -2.14. The predicted molar refractivity (Wildman–Crippen MR) is 92.1 cm³/mol. The maximum Gasteiger partial charge on any atom is 0.234 e. The number of anilines is 1. The highest BCUT2D eigenvalue weighted by Gasteiger charge is 2.10. The van der Waals surface area contributed by atoms with Gasteiger partial charge in [0.1, 0.15) is 0 Å². The predicted octanol–water partition coefficient (Wildman–Crippen LogP) is 4.44. The van der Waals surface area contributed by atoms with E-state index in [9.17, 15) is 4.79 Å². The highest BCUT2D eigenvalue weighted by Crippen LogP contribution is 2.25. The van der Waals surface area contributed by atoms with Crippen LogP contribution in [0.3, 0.4) is 0 Å². The van der Waals surface area contributed by atoms with E-state index < -0.39 is 0 Å². The van der Waals surface area contributed by atoms with Crippen molar-refractivity contribution in [3.63, 3.8) is 0 Å². The molecule has 116 valence electrons. The van der Waals surface area contributed by atoms with Gasteiger partial charge in [-0.1, -0.05) is 35.0 Å². The van der Waals surface area contributed by atoms with Gasteiger partial charge in [-0.05, 0) is 44.5 Å². The topological polar surface area (TPSA) is 54.9 Å². The Morgan fingerprint density at radius 1 is 1.18 bits per heavy atom. The summed E-state index contributed by atoms with van der Waals surface area (Å²) < 4.78 is 0. The molecular weight excluding hydrogens is 341 g/mol. The number of amides is 1. The van der Waals surface area contributed by atoms with Gasteiger partial charge >= 0.3 is 0 Å². The Morgan fingerprint density at radius 3 is 2.41 bits per heavy atom. The molecule has 0 atom stereocenters. The Morgan fingerprint density at radius 2 is 1.82 bits per heavy atom. The van der Waals surface area contributed by atoms with E-state index in [4.69, 9.17) is 23.2 Å². The van der Waals surface area contributed by atoms with Crippen molar-refractivity contribution in [2.24, 2.45) is 0 Å². The van der Waals surface area contributed by atoms with Gasteiger partial charge in [0.2, 0.25) is 5.91 Å². The molecule has 0 aliphatic heterocycles. The molecule has 1 N–H and O–H groups in total. The molecule has 1 heterocycles. The van der Waals surface area contributed by atoms with Crippen LogP contribution in [0.25, 0.3) is 0 Å². The summed E-state index contributed by atoms with van der Waals surface area (Å²) in [6.45, 7) is 5.84. The third kappa shape index (κ3) is 4.35. The average molecular weight is 356 g/mol. The second kappa shape index (κ2) is 7.31. The van der Waals surface area contributed by atoms with E-state index in [1.54, 1.807) is 18.2 Å². The Hall–Kier alpha value is -1.30. The summed E-state index contributed by atoms with van der Waals surface area (Å²) in [5.41, 5.74) is 3.46. The van der Waals surface area contributed by atoms with Crippen LogP contribution in [0.5, 0.6) is 0 Å². The molecule has 0 fully saturated rings. The number of hydrogen-bond acceptors (Lipinski definition) is 4. The molecule has 0 radical (unpaired) electrons. The Bertz CT molecular complexity index is 699. The van der Waals surface area contributed by atoms with Crippen LogP contribution in [0, 0.1) is 20.8 Å². The molecule has 1 amide bonds. The van der Waals surface area contributed by atoms with E-state index in [2.05, 4.69) is 15.3 Å². The summed E-state index contributed by atoms with van der Waals surface area (Å²) in [4.78, 5) is 20.7. The summed E-state index contributed by atoms with van der Waals surface area (Å²) in [5, 5.41) is 4.27. The van der Waals surface area contributed by atoms with Gasteiger partial charge in [-0.3, -0.25) is 4.79 Å². The number of aryl methyl sites for hydroxylation is 2. The second-order valence-corrected chi connectivity index (χ2v) is 6.55. The summed E-state index contributed by atoms with van der Waals surface area (Å²) in [5.74, 6) is 0.0367. The molecule has 0 aliphatic rings. The fraction of sp³-hybridized carbons (Fsp3) is 0.267. The number of halogens is 2. The molecule has 4 nitrogen and oxygen atoms in total. The van der Waals surface area contributed by atoms with Gasteiger partial charge in [0, 0.05) is 16.4 Å². The largest absolute Gasteiger partial charge is 0.324 e. The van der Waals surface area contributed by atoms with Crippen LogP contribution >= 0.6 is 35.0 Å². The monoisotopic (exact) mass is 355 g/mol. The van der Waals surface area contributed by atoms with E-state index in [0.717, 1.165) is 17.0 Å². The molecule has 0 bridgehead atoms. The molecule has 0 saturated heterocycles. The van der Waals surface area contributed by atoms with Crippen molar-refractivity contribution in [1.82, 2.24) is 9.97 Å². The van der Waals surface area contributed by atoms with E-state index in [1.165, 1.54) is 11.8 Å². The molecule has 1 aromatic carbocycles. The zero-order valence-corrected chi connectivity index (χ0v) is 14.7. The second-order valence-electron chi connectivity index (χ2n) is 4.76. The van der Waals surface area contributed by atoms with Crippen molar-refractivity contribution < 1.29 is 4.79 Å². The van der Waals surface area contributed by atoms with Crippen molar-refractivity contribution in [2.45, 2.75) is 25.9 Å². The zero-order chi connectivity index (χ0) is 16.3. The SMILES string of the molecule is Cc1nc(SCC(=O)Nc2ccc(Cl)cc2Cl)nc(C)c1C. The highest BCUT2D eigenvalue weighted by molar-refractivity contribution is 7.99. The fourth-order valence-electron chi connectivity index (χ4n) is 1.71. The molecule has 0 aliphatic carbocycles. The third-order valence-electron chi connectivity index (χ3n) is 3.15. The quantitative estimate of drug-likeness (QED) is 0.650. The zero-order valence-electron chi connectivity index (χ0n) is 12.4. The van der Waals surface area contributed by atoms with E-state index in [-0.39, 0.29) is 11.7 Å². The van der Waals surface area contributed by atoms with Crippen molar-refractivity contribution >= 4 is 46.6 Å². The summed E-state index contributed by atoms with van der Waals surface area (Å²) >= 11 is 13.1. The first-order valence-corrected chi connectivity index (χ1v) is 8.30. The van der Waals surface area contributed by atoms with E-state index >= 15 is 0 Å². The van der Waals surface area contributed by atoms with Crippen LogP contribution in [-0.4, -0.2) is 21.6 Å². The van der Waals surface area contributed by atoms with E-state index in [0.29, 0.717) is 20.9 Å². The van der Waals surface area contributed by atoms with Crippen LogP contribution in [0.2, 0.25) is 10.0 Å². The lowest BCUT2D eigenvalue weighted by Gasteiger charge is -2.08. The van der Waals surface area contributed by atoms with Crippen LogP contribution in [-0.2, 0) is 4.79 Å². The fourth-order valence-corrected chi connectivity index (χ4v) is 2.90. The van der Waals surface area contributed by atoms with Crippen molar-refractivity contribution in [2.75, 3.05) is 11.1 Å². The van der Waals surface area contributed by atoms with Gasteiger partial charge in [-0.25, -0.2) is 9.97 Å². The van der Waals surface area contributed by atoms with Gasteiger partial charge in [-0.2, -0.15) is 0 Å². The molecule has 7 heteroatoms. The molecule has 0 spiro atoms. The Labute approximate surface area is 143 Å². The number of nitrogens with zero attached hydrogens (tertiary/aromatic N) is 2. The van der Waals surface area contributed by atoms with Crippen molar-refractivity contribution in [3.8, 4) is 0 Å². The first-order chi connectivity index (χ1) is 10.4. The molecular formula is C15H15Cl2N3OS. The van der Waals surface area contributed by atoms with Crippen LogP contribution in [0.4, 0.5) is 5.69 Å². The normalized spacial score (nSPS) is 10.6. The minimum absolute atomic E-state index is 0.172. The summed E-state index contributed by atoms with van der Waals surface area (Å²) in [6, 6.07) is 4.93. The highest BCUT2D eigenvalue weighted by atomic mass is 35.5. The minimum atomic E-state index is -0.172. The maximum atomic E-state index is 12.0. The van der Waals surface area contributed by atoms with Gasteiger partial charge in [0.25, 0.3) is 0 Å².